The van der Waals surface area contributed by atoms with Crippen LogP contribution >= 0.6 is 15.9 Å². The highest BCUT2D eigenvalue weighted by Gasteiger charge is 2.25. The van der Waals surface area contributed by atoms with E-state index < -0.39 is 0 Å². The fourth-order valence-corrected chi connectivity index (χ4v) is 2.06. The standard InChI is InChI=1S/C11H11BrN4/c12-7-3-8(11(13)14-5-7)10-4-9(15-16-10)6-1-2-6/h3-6H,1-2H2,(H2,13,14)(H,15,16). The van der Waals surface area contributed by atoms with Gasteiger partial charge >= 0.3 is 0 Å². The van der Waals surface area contributed by atoms with Crippen LogP contribution in [0, 0.1) is 0 Å². The highest BCUT2D eigenvalue weighted by molar-refractivity contribution is 9.10. The Kier molecular flexibility index (Phi) is 2.21. The Morgan fingerprint density at radius 2 is 2.19 bits per heavy atom. The van der Waals surface area contributed by atoms with Crippen molar-refractivity contribution in [2.45, 2.75) is 18.8 Å². The summed E-state index contributed by atoms with van der Waals surface area (Å²) >= 11 is 3.39. The van der Waals surface area contributed by atoms with E-state index in [2.05, 4.69) is 37.2 Å². The molecule has 0 aliphatic heterocycles. The van der Waals surface area contributed by atoms with Gasteiger partial charge < -0.3 is 5.73 Å². The van der Waals surface area contributed by atoms with E-state index in [1.54, 1.807) is 6.20 Å². The van der Waals surface area contributed by atoms with Crippen LogP contribution in [0.2, 0.25) is 0 Å². The van der Waals surface area contributed by atoms with Crippen molar-refractivity contribution >= 4 is 21.7 Å². The fraction of sp³-hybridized carbons (Fsp3) is 0.273. The summed E-state index contributed by atoms with van der Waals surface area (Å²) < 4.78 is 0.910. The van der Waals surface area contributed by atoms with E-state index >= 15 is 0 Å². The molecule has 16 heavy (non-hydrogen) atoms. The van der Waals surface area contributed by atoms with Gasteiger partial charge in [0.2, 0.25) is 0 Å². The van der Waals surface area contributed by atoms with Crippen LogP contribution < -0.4 is 5.73 Å². The van der Waals surface area contributed by atoms with Crippen molar-refractivity contribution in [3.63, 3.8) is 0 Å². The first-order valence-electron chi connectivity index (χ1n) is 5.21. The minimum Gasteiger partial charge on any atom is -0.383 e. The van der Waals surface area contributed by atoms with Gasteiger partial charge in [-0.1, -0.05) is 0 Å². The van der Waals surface area contributed by atoms with Crippen molar-refractivity contribution in [1.82, 2.24) is 15.2 Å². The number of rotatable bonds is 2. The van der Waals surface area contributed by atoms with Gasteiger partial charge in [0.05, 0.1) is 5.69 Å². The Morgan fingerprint density at radius 1 is 1.38 bits per heavy atom. The van der Waals surface area contributed by atoms with Gasteiger partial charge in [-0.2, -0.15) is 5.10 Å². The maximum Gasteiger partial charge on any atom is 0.132 e. The van der Waals surface area contributed by atoms with E-state index in [9.17, 15) is 0 Å². The molecule has 82 valence electrons. The van der Waals surface area contributed by atoms with Crippen molar-refractivity contribution in [3.05, 3.63) is 28.5 Å². The highest BCUT2D eigenvalue weighted by atomic mass is 79.9. The average Bonchev–Trinajstić information content (AvgIpc) is 3.01. The van der Waals surface area contributed by atoms with Crippen LogP contribution in [-0.4, -0.2) is 15.2 Å². The Labute approximate surface area is 101 Å². The summed E-state index contributed by atoms with van der Waals surface area (Å²) in [5, 5.41) is 7.35. The van der Waals surface area contributed by atoms with E-state index in [0.717, 1.165) is 15.7 Å². The third kappa shape index (κ3) is 1.71. The third-order valence-corrected chi connectivity index (χ3v) is 3.21. The van der Waals surface area contributed by atoms with Crippen molar-refractivity contribution < 1.29 is 0 Å². The zero-order valence-electron chi connectivity index (χ0n) is 8.57. The summed E-state index contributed by atoms with van der Waals surface area (Å²) in [5.74, 6) is 1.18. The topological polar surface area (TPSA) is 67.6 Å². The summed E-state index contributed by atoms with van der Waals surface area (Å²) in [7, 11) is 0. The fourth-order valence-electron chi connectivity index (χ4n) is 1.73. The number of hydrogen-bond donors (Lipinski definition) is 2. The summed E-state index contributed by atoms with van der Waals surface area (Å²) in [6, 6.07) is 4.01. The average molecular weight is 279 g/mol. The highest BCUT2D eigenvalue weighted by Crippen LogP contribution is 2.40. The predicted octanol–water partition coefficient (Wildman–Crippen LogP) is 2.69. The molecule has 0 spiro atoms. The second kappa shape index (κ2) is 3.59. The first-order valence-corrected chi connectivity index (χ1v) is 6.00. The molecule has 2 aromatic rings. The monoisotopic (exact) mass is 278 g/mol. The molecule has 0 atom stereocenters. The van der Waals surface area contributed by atoms with Gasteiger partial charge in [0.1, 0.15) is 5.82 Å². The second-order valence-corrected chi connectivity index (χ2v) is 4.98. The van der Waals surface area contributed by atoms with Gasteiger partial charge in [0.25, 0.3) is 0 Å². The van der Waals surface area contributed by atoms with Crippen LogP contribution in [0.15, 0.2) is 22.8 Å². The number of nitrogens with two attached hydrogens (primary N) is 1. The number of aromatic amines is 1. The number of nitrogens with zero attached hydrogens (tertiary/aromatic N) is 2. The van der Waals surface area contributed by atoms with Crippen LogP contribution in [0.1, 0.15) is 24.5 Å². The number of halogens is 1. The van der Waals surface area contributed by atoms with E-state index in [1.165, 1.54) is 18.5 Å². The van der Waals surface area contributed by atoms with Crippen molar-refractivity contribution in [3.8, 4) is 11.3 Å². The molecule has 1 aliphatic rings. The zero-order chi connectivity index (χ0) is 11.1. The van der Waals surface area contributed by atoms with Gasteiger partial charge in [-0.15, -0.1) is 0 Å². The maximum atomic E-state index is 5.84. The van der Waals surface area contributed by atoms with Crippen molar-refractivity contribution in [1.29, 1.82) is 0 Å². The summed E-state index contributed by atoms with van der Waals surface area (Å²) in [5.41, 5.74) is 8.78. The lowest BCUT2D eigenvalue weighted by molar-refractivity contribution is 0.967. The minimum atomic E-state index is 0.511. The first kappa shape index (κ1) is 9.84. The normalized spacial score (nSPS) is 15.3. The molecule has 2 heterocycles. The van der Waals surface area contributed by atoms with Gasteiger partial charge in [-0.25, -0.2) is 4.98 Å². The first-order chi connectivity index (χ1) is 7.74. The Balaban J connectivity index is 2.03. The Morgan fingerprint density at radius 3 is 2.94 bits per heavy atom. The number of nitrogen functional groups attached to an aromatic ring is 1. The largest absolute Gasteiger partial charge is 0.383 e. The molecule has 1 aliphatic carbocycles. The third-order valence-electron chi connectivity index (χ3n) is 2.78. The number of anilines is 1. The minimum absolute atomic E-state index is 0.511. The number of aromatic nitrogens is 3. The molecule has 3 rings (SSSR count). The maximum absolute atomic E-state index is 5.84. The molecule has 4 nitrogen and oxygen atoms in total. The van der Waals surface area contributed by atoms with Crippen molar-refractivity contribution in [2.24, 2.45) is 0 Å². The molecule has 0 bridgehead atoms. The Bertz CT molecular complexity index is 531. The van der Waals surface area contributed by atoms with Gasteiger partial charge in [-0.3, -0.25) is 5.10 Å². The number of hydrogen-bond acceptors (Lipinski definition) is 3. The van der Waals surface area contributed by atoms with Crippen molar-refractivity contribution in [2.75, 3.05) is 5.73 Å². The molecular weight excluding hydrogens is 268 g/mol. The SMILES string of the molecule is Nc1ncc(Br)cc1-c1cc(C2CC2)[nH]n1. The molecule has 1 saturated carbocycles. The lowest BCUT2D eigenvalue weighted by atomic mass is 10.1. The van der Waals surface area contributed by atoms with Crippen LogP contribution in [-0.2, 0) is 0 Å². The van der Waals surface area contributed by atoms with Gasteiger partial charge in [0.15, 0.2) is 0 Å². The lowest BCUT2D eigenvalue weighted by Crippen LogP contribution is -1.93. The molecule has 0 saturated heterocycles. The lowest BCUT2D eigenvalue weighted by Gasteiger charge is -2.00. The van der Waals surface area contributed by atoms with Gasteiger partial charge in [0, 0.05) is 27.8 Å². The van der Waals surface area contributed by atoms with E-state index in [1.807, 2.05) is 6.07 Å². The van der Waals surface area contributed by atoms with E-state index in [4.69, 9.17) is 5.73 Å². The Hall–Kier alpha value is -1.36. The summed E-state index contributed by atoms with van der Waals surface area (Å²) in [6.07, 6.45) is 4.20. The smallest absolute Gasteiger partial charge is 0.132 e. The molecule has 1 fully saturated rings. The molecule has 5 heteroatoms. The van der Waals surface area contributed by atoms with Crippen LogP contribution in [0.25, 0.3) is 11.3 Å². The van der Waals surface area contributed by atoms with E-state index in [0.29, 0.717) is 11.7 Å². The summed E-state index contributed by atoms with van der Waals surface area (Å²) in [4.78, 5) is 4.10. The second-order valence-electron chi connectivity index (χ2n) is 4.07. The van der Waals surface area contributed by atoms with E-state index in [-0.39, 0.29) is 0 Å². The molecule has 3 N–H and O–H groups in total. The molecule has 0 amide bonds. The number of pyridine rings is 1. The quantitative estimate of drug-likeness (QED) is 0.888. The molecule has 0 radical (unpaired) electrons. The predicted molar refractivity (Wildman–Crippen MR) is 65.9 cm³/mol. The zero-order valence-corrected chi connectivity index (χ0v) is 10.2. The number of nitrogens with one attached hydrogen (secondary N) is 1. The van der Waals surface area contributed by atoms with Crippen LogP contribution in [0.4, 0.5) is 5.82 Å². The summed E-state index contributed by atoms with van der Waals surface area (Å²) in [6.45, 7) is 0. The van der Waals surface area contributed by atoms with Crippen LogP contribution in [0.5, 0.6) is 0 Å². The number of H-pyrrole nitrogens is 1. The molecule has 2 aromatic heterocycles. The van der Waals surface area contributed by atoms with Gasteiger partial charge in [-0.05, 0) is 40.9 Å². The molecule has 0 aromatic carbocycles. The molecule has 0 unspecified atom stereocenters. The molecular formula is C11H11BrN4. The van der Waals surface area contributed by atoms with Crippen LogP contribution in [0.3, 0.4) is 0 Å².